The van der Waals surface area contributed by atoms with Crippen LogP contribution in [0.15, 0.2) is 64.9 Å². The Morgan fingerprint density at radius 3 is 2.45 bits per heavy atom. The van der Waals surface area contributed by atoms with E-state index in [-0.39, 0.29) is 10.6 Å². The van der Waals surface area contributed by atoms with E-state index in [1.54, 1.807) is 18.2 Å². The molecule has 0 spiro atoms. The molecule has 0 bridgehead atoms. The summed E-state index contributed by atoms with van der Waals surface area (Å²) in [4.78, 5) is 12.0. The second-order valence-corrected chi connectivity index (χ2v) is 8.79. The van der Waals surface area contributed by atoms with E-state index in [1.807, 2.05) is 0 Å². The van der Waals surface area contributed by atoms with Crippen LogP contribution in [0.2, 0.25) is 5.02 Å². The third-order valence-electron chi connectivity index (χ3n) is 3.67. The Morgan fingerprint density at radius 1 is 1.03 bits per heavy atom. The number of sulfonamides is 1. The van der Waals surface area contributed by atoms with Gasteiger partial charge < -0.3 is 5.32 Å². The summed E-state index contributed by atoms with van der Waals surface area (Å²) in [5.74, 6) is -0.594. The number of amides is 1. The lowest BCUT2D eigenvalue weighted by molar-refractivity contribution is -0.137. The molecule has 3 aromatic rings. The van der Waals surface area contributed by atoms with Crippen LogP contribution >= 0.6 is 22.9 Å². The molecule has 0 aliphatic carbocycles. The average molecular weight is 461 g/mol. The third kappa shape index (κ3) is 5.08. The summed E-state index contributed by atoms with van der Waals surface area (Å²) in [6.07, 6.45) is -4.68. The first-order valence-corrected chi connectivity index (χ1v) is 10.6. The van der Waals surface area contributed by atoms with Crippen LogP contribution < -0.4 is 10.0 Å². The molecule has 1 aromatic heterocycles. The Bertz CT molecular complexity index is 1160. The quantitative estimate of drug-likeness (QED) is 0.530. The lowest BCUT2D eigenvalue weighted by Crippen LogP contribution is -2.17. The zero-order valence-electron chi connectivity index (χ0n) is 14.3. The van der Waals surface area contributed by atoms with Gasteiger partial charge in [0.15, 0.2) is 0 Å². The largest absolute Gasteiger partial charge is 0.416 e. The Kier molecular flexibility index (Phi) is 5.87. The molecule has 0 saturated heterocycles. The first kappa shape index (κ1) is 21.2. The van der Waals surface area contributed by atoms with Crippen LogP contribution in [0, 0.1) is 0 Å². The van der Waals surface area contributed by atoms with Gasteiger partial charge in [0.05, 0.1) is 16.1 Å². The van der Waals surface area contributed by atoms with E-state index >= 15 is 0 Å². The molecule has 0 aliphatic heterocycles. The Labute approximate surface area is 173 Å². The molecule has 2 aromatic carbocycles. The Morgan fingerprint density at radius 2 is 1.76 bits per heavy atom. The van der Waals surface area contributed by atoms with Gasteiger partial charge in [-0.2, -0.15) is 13.2 Å². The number of halogens is 4. The number of hydrogen-bond donors (Lipinski definition) is 2. The predicted molar refractivity (Wildman–Crippen MR) is 106 cm³/mol. The van der Waals surface area contributed by atoms with Gasteiger partial charge in [0.1, 0.15) is 4.88 Å². The standard InChI is InChI=1S/C18H12ClF3N2O3S2/c19-12-4-2-5-13(10-12)23-17(25)16-15(7-8-28-16)24-29(26,27)14-6-1-3-11(9-14)18(20,21)22/h1-10,24H,(H,23,25). The summed E-state index contributed by atoms with van der Waals surface area (Å²) in [5, 5.41) is 4.47. The minimum Gasteiger partial charge on any atom is -0.321 e. The summed E-state index contributed by atoms with van der Waals surface area (Å²) < 4.78 is 65.8. The number of anilines is 2. The molecular weight excluding hydrogens is 449 g/mol. The zero-order chi connectivity index (χ0) is 21.2. The Hall–Kier alpha value is -2.56. The Balaban J connectivity index is 1.85. The first-order chi connectivity index (χ1) is 13.6. The summed E-state index contributed by atoms with van der Waals surface area (Å²) in [6.45, 7) is 0. The minimum atomic E-state index is -4.68. The number of carbonyl (C=O) groups excluding carboxylic acids is 1. The van der Waals surface area contributed by atoms with Gasteiger partial charge in [0.2, 0.25) is 0 Å². The van der Waals surface area contributed by atoms with Gasteiger partial charge >= 0.3 is 6.18 Å². The molecule has 0 atom stereocenters. The molecule has 29 heavy (non-hydrogen) atoms. The molecule has 2 N–H and O–H groups in total. The van der Waals surface area contributed by atoms with Crippen molar-refractivity contribution in [2.75, 3.05) is 10.0 Å². The van der Waals surface area contributed by atoms with Crippen molar-refractivity contribution < 1.29 is 26.4 Å². The third-order valence-corrected chi connectivity index (χ3v) is 6.18. The van der Waals surface area contributed by atoms with Gasteiger partial charge in [-0.05, 0) is 47.8 Å². The van der Waals surface area contributed by atoms with E-state index < -0.39 is 32.6 Å². The SMILES string of the molecule is O=C(Nc1cccc(Cl)c1)c1sccc1NS(=O)(=O)c1cccc(C(F)(F)F)c1. The van der Waals surface area contributed by atoms with E-state index in [0.29, 0.717) is 16.8 Å². The maximum absolute atomic E-state index is 12.9. The molecule has 5 nitrogen and oxygen atoms in total. The number of nitrogens with one attached hydrogen (secondary N) is 2. The summed E-state index contributed by atoms with van der Waals surface area (Å²) >= 11 is 6.84. The minimum absolute atomic E-state index is 0.0422. The number of carbonyl (C=O) groups is 1. The number of thiophene rings is 1. The normalized spacial score (nSPS) is 11.9. The highest BCUT2D eigenvalue weighted by molar-refractivity contribution is 7.92. The zero-order valence-corrected chi connectivity index (χ0v) is 16.7. The van der Waals surface area contributed by atoms with Crippen LogP contribution in [-0.2, 0) is 16.2 Å². The van der Waals surface area contributed by atoms with Crippen LogP contribution in [0.1, 0.15) is 15.2 Å². The van der Waals surface area contributed by atoms with Crippen molar-refractivity contribution in [1.29, 1.82) is 0 Å². The van der Waals surface area contributed by atoms with Crippen molar-refractivity contribution >= 4 is 50.2 Å². The highest BCUT2D eigenvalue weighted by Gasteiger charge is 2.32. The van der Waals surface area contributed by atoms with Crippen molar-refractivity contribution in [1.82, 2.24) is 0 Å². The van der Waals surface area contributed by atoms with E-state index in [4.69, 9.17) is 11.6 Å². The highest BCUT2D eigenvalue weighted by Crippen LogP contribution is 2.32. The van der Waals surface area contributed by atoms with E-state index in [0.717, 1.165) is 29.5 Å². The van der Waals surface area contributed by atoms with E-state index in [1.165, 1.54) is 17.5 Å². The predicted octanol–water partition coefficient (Wildman–Crippen LogP) is 5.47. The number of hydrogen-bond acceptors (Lipinski definition) is 4. The van der Waals surface area contributed by atoms with Crippen molar-refractivity contribution in [3.63, 3.8) is 0 Å². The molecule has 1 heterocycles. The van der Waals surface area contributed by atoms with Crippen molar-refractivity contribution in [3.05, 3.63) is 75.4 Å². The smallest absolute Gasteiger partial charge is 0.321 e. The van der Waals surface area contributed by atoms with Crippen molar-refractivity contribution in [2.24, 2.45) is 0 Å². The fraction of sp³-hybridized carbons (Fsp3) is 0.0556. The van der Waals surface area contributed by atoms with Crippen molar-refractivity contribution in [3.8, 4) is 0 Å². The second-order valence-electron chi connectivity index (χ2n) is 5.76. The van der Waals surface area contributed by atoms with Crippen molar-refractivity contribution in [2.45, 2.75) is 11.1 Å². The average Bonchev–Trinajstić information content (AvgIpc) is 3.08. The molecule has 11 heteroatoms. The monoisotopic (exact) mass is 460 g/mol. The topological polar surface area (TPSA) is 75.3 Å². The number of rotatable bonds is 5. The van der Waals surface area contributed by atoms with Gasteiger partial charge in [-0.1, -0.05) is 23.7 Å². The lowest BCUT2D eigenvalue weighted by Gasteiger charge is -2.12. The maximum Gasteiger partial charge on any atom is 0.416 e. The molecule has 0 aliphatic rings. The molecule has 3 rings (SSSR count). The summed E-state index contributed by atoms with van der Waals surface area (Å²) in [7, 11) is -4.35. The summed E-state index contributed by atoms with van der Waals surface area (Å²) in [6, 6.07) is 11.0. The molecule has 1 amide bonds. The summed E-state index contributed by atoms with van der Waals surface area (Å²) in [5.41, 5.74) is -0.737. The fourth-order valence-corrected chi connectivity index (χ4v) is 4.48. The molecular formula is C18H12ClF3N2O3S2. The van der Waals surface area contributed by atoms with Crippen LogP contribution in [0.3, 0.4) is 0 Å². The molecule has 0 radical (unpaired) electrons. The molecule has 152 valence electrons. The van der Waals surface area contributed by atoms with Crippen LogP contribution in [0.5, 0.6) is 0 Å². The van der Waals surface area contributed by atoms with Gasteiger partial charge in [0.25, 0.3) is 15.9 Å². The van der Waals surface area contributed by atoms with Crippen LogP contribution in [0.4, 0.5) is 24.5 Å². The van der Waals surface area contributed by atoms with Gasteiger partial charge in [-0.3, -0.25) is 9.52 Å². The highest BCUT2D eigenvalue weighted by atomic mass is 35.5. The van der Waals surface area contributed by atoms with E-state index in [2.05, 4.69) is 10.0 Å². The molecule has 0 fully saturated rings. The van der Waals surface area contributed by atoms with Gasteiger partial charge in [-0.25, -0.2) is 8.42 Å². The molecule has 0 unspecified atom stereocenters. The van der Waals surface area contributed by atoms with Gasteiger partial charge in [0, 0.05) is 10.7 Å². The fourth-order valence-electron chi connectivity index (χ4n) is 2.36. The van der Waals surface area contributed by atoms with Crippen LogP contribution in [0.25, 0.3) is 0 Å². The molecule has 0 saturated carbocycles. The lowest BCUT2D eigenvalue weighted by atomic mass is 10.2. The maximum atomic E-state index is 12.9. The van der Waals surface area contributed by atoms with E-state index in [9.17, 15) is 26.4 Å². The number of alkyl halides is 3. The van der Waals surface area contributed by atoms with Crippen LogP contribution in [-0.4, -0.2) is 14.3 Å². The second kappa shape index (κ2) is 8.05. The van der Waals surface area contributed by atoms with Gasteiger partial charge in [-0.15, -0.1) is 11.3 Å². The number of benzene rings is 2. The first-order valence-electron chi connectivity index (χ1n) is 7.91.